The van der Waals surface area contributed by atoms with Crippen LogP contribution in [0, 0.1) is 11.3 Å². The zero-order valence-electron chi connectivity index (χ0n) is 12.1. The Morgan fingerprint density at radius 3 is 2.67 bits per heavy atom. The summed E-state index contributed by atoms with van der Waals surface area (Å²) in [5.41, 5.74) is -1.16. The number of anilines is 1. The normalized spacial score (nSPS) is 11.9. The van der Waals surface area contributed by atoms with Gasteiger partial charge < -0.3 is 5.32 Å². The third-order valence-electron chi connectivity index (χ3n) is 3.18. The highest BCUT2D eigenvalue weighted by Crippen LogP contribution is 2.09. The minimum absolute atomic E-state index is 0.0769. The van der Waals surface area contributed by atoms with Crippen molar-refractivity contribution < 1.29 is 0 Å². The van der Waals surface area contributed by atoms with Gasteiger partial charge in [-0.1, -0.05) is 0 Å². The zero-order valence-corrected chi connectivity index (χ0v) is 12.1. The van der Waals surface area contributed by atoms with Gasteiger partial charge in [-0.2, -0.15) is 10.4 Å². The number of aromatic nitrogens is 4. The van der Waals surface area contributed by atoms with E-state index < -0.39 is 11.2 Å². The molecule has 0 aliphatic heterocycles. The van der Waals surface area contributed by atoms with E-state index >= 15 is 0 Å². The summed E-state index contributed by atoms with van der Waals surface area (Å²) in [5.74, 6) is 0.227. The van der Waals surface area contributed by atoms with Crippen molar-refractivity contribution in [2.75, 3.05) is 5.32 Å². The van der Waals surface area contributed by atoms with Crippen LogP contribution in [0.2, 0.25) is 0 Å². The molecule has 21 heavy (non-hydrogen) atoms. The van der Waals surface area contributed by atoms with Gasteiger partial charge in [0.2, 0.25) is 0 Å². The number of nitrogens with zero attached hydrogens (tertiary/aromatic N) is 5. The van der Waals surface area contributed by atoms with Crippen LogP contribution in [0.1, 0.15) is 12.5 Å². The van der Waals surface area contributed by atoms with E-state index in [1.165, 1.54) is 18.7 Å². The Bertz CT molecular complexity index is 794. The van der Waals surface area contributed by atoms with Crippen molar-refractivity contribution in [3.8, 4) is 6.07 Å². The molecule has 0 aliphatic rings. The van der Waals surface area contributed by atoms with Gasteiger partial charge in [-0.15, -0.1) is 0 Å². The summed E-state index contributed by atoms with van der Waals surface area (Å²) < 4.78 is 3.91. The smallest absolute Gasteiger partial charge is 0.332 e. The first kappa shape index (κ1) is 14.6. The molecule has 0 aromatic carbocycles. The van der Waals surface area contributed by atoms with Crippen LogP contribution < -0.4 is 16.6 Å². The second-order valence-electron chi connectivity index (χ2n) is 4.81. The molecule has 0 radical (unpaired) electrons. The van der Waals surface area contributed by atoms with E-state index in [-0.39, 0.29) is 17.4 Å². The lowest BCUT2D eigenvalue weighted by Crippen LogP contribution is -2.41. The highest BCUT2D eigenvalue weighted by atomic mass is 16.2. The van der Waals surface area contributed by atoms with Crippen LogP contribution in [0.5, 0.6) is 0 Å². The highest BCUT2D eigenvalue weighted by Gasteiger charge is 2.17. The molecule has 0 fully saturated rings. The molecule has 1 N–H and O–H groups in total. The third kappa shape index (κ3) is 2.72. The maximum atomic E-state index is 12.0. The van der Waals surface area contributed by atoms with Crippen LogP contribution in [-0.4, -0.2) is 25.0 Å². The molecule has 110 valence electrons. The van der Waals surface area contributed by atoms with Crippen molar-refractivity contribution in [3.05, 3.63) is 44.9 Å². The summed E-state index contributed by atoms with van der Waals surface area (Å²) in [7, 11) is 2.87. The molecule has 0 bridgehead atoms. The molecule has 2 rings (SSSR count). The number of hydrogen-bond acceptors (Lipinski definition) is 5. The molecule has 2 aromatic rings. The fourth-order valence-corrected chi connectivity index (χ4v) is 2.08. The molecule has 2 aromatic heterocycles. The SMILES string of the molecule is C[C@H](Cn1cccn1)Nc1c(C#N)c(=O)n(C)c(=O)n1C. The van der Waals surface area contributed by atoms with Gasteiger partial charge in [-0.3, -0.25) is 18.6 Å². The Balaban J connectivity index is 2.38. The third-order valence-corrected chi connectivity index (χ3v) is 3.18. The molecule has 2 heterocycles. The lowest BCUT2D eigenvalue weighted by atomic mass is 10.2. The molecule has 0 amide bonds. The fraction of sp³-hybridized carbons (Fsp3) is 0.385. The summed E-state index contributed by atoms with van der Waals surface area (Å²) >= 11 is 0. The first-order chi connectivity index (χ1) is 9.95. The average Bonchev–Trinajstić information content (AvgIpc) is 2.95. The molecule has 8 heteroatoms. The van der Waals surface area contributed by atoms with Crippen molar-refractivity contribution in [2.24, 2.45) is 14.1 Å². The van der Waals surface area contributed by atoms with Gasteiger partial charge >= 0.3 is 5.69 Å². The van der Waals surface area contributed by atoms with Gasteiger partial charge in [0, 0.05) is 32.5 Å². The quantitative estimate of drug-likeness (QED) is 0.829. The number of nitriles is 1. The monoisotopic (exact) mass is 288 g/mol. The van der Waals surface area contributed by atoms with Crippen LogP contribution in [0.4, 0.5) is 5.82 Å². The van der Waals surface area contributed by atoms with E-state index in [4.69, 9.17) is 0 Å². The molecule has 1 atom stereocenters. The Kier molecular flexibility index (Phi) is 3.93. The van der Waals surface area contributed by atoms with Crippen molar-refractivity contribution in [1.29, 1.82) is 5.26 Å². The predicted octanol–water partition coefficient (Wildman–Crippen LogP) is -0.347. The van der Waals surface area contributed by atoms with Crippen molar-refractivity contribution in [3.63, 3.8) is 0 Å². The first-order valence-electron chi connectivity index (χ1n) is 6.39. The number of hydrogen-bond donors (Lipinski definition) is 1. The Morgan fingerprint density at radius 2 is 2.10 bits per heavy atom. The number of rotatable bonds is 4. The first-order valence-corrected chi connectivity index (χ1v) is 6.39. The highest BCUT2D eigenvalue weighted by molar-refractivity contribution is 5.51. The maximum absolute atomic E-state index is 12.0. The summed E-state index contributed by atoms with van der Waals surface area (Å²) in [6.07, 6.45) is 3.48. The minimum Gasteiger partial charge on any atom is -0.366 e. The lowest BCUT2D eigenvalue weighted by Gasteiger charge is -2.19. The van der Waals surface area contributed by atoms with E-state index in [9.17, 15) is 14.9 Å². The Labute approximate surface area is 120 Å². The van der Waals surface area contributed by atoms with Crippen LogP contribution >= 0.6 is 0 Å². The van der Waals surface area contributed by atoms with Gasteiger partial charge in [-0.05, 0) is 13.0 Å². The lowest BCUT2D eigenvalue weighted by molar-refractivity contribution is 0.554. The fourth-order valence-electron chi connectivity index (χ4n) is 2.08. The van der Waals surface area contributed by atoms with Crippen molar-refractivity contribution in [2.45, 2.75) is 19.5 Å². The summed E-state index contributed by atoms with van der Waals surface area (Å²) in [5, 5.41) is 16.3. The van der Waals surface area contributed by atoms with E-state index in [0.717, 1.165) is 4.57 Å². The topological polar surface area (TPSA) is 97.6 Å². The molecule has 0 saturated heterocycles. The molecule has 0 unspecified atom stereocenters. The molecular weight excluding hydrogens is 272 g/mol. The van der Waals surface area contributed by atoms with E-state index in [0.29, 0.717) is 6.54 Å². The summed E-state index contributed by atoms with van der Waals surface area (Å²) in [4.78, 5) is 23.9. The van der Waals surface area contributed by atoms with Crippen LogP contribution in [0.3, 0.4) is 0 Å². The van der Waals surface area contributed by atoms with Crippen molar-refractivity contribution in [1.82, 2.24) is 18.9 Å². The van der Waals surface area contributed by atoms with E-state index in [2.05, 4.69) is 10.4 Å². The predicted molar refractivity (Wildman–Crippen MR) is 77.0 cm³/mol. The molecule has 0 aliphatic carbocycles. The van der Waals surface area contributed by atoms with Crippen LogP contribution in [-0.2, 0) is 20.6 Å². The molecular formula is C13H16N6O2. The Hall–Kier alpha value is -2.82. The average molecular weight is 288 g/mol. The minimum atomic E-state index is -0.602. The number of nitrogens with one attached hydrogen (secondary N) is 1. The molecule has 8 nitrogen and oxygen atoms in total. The van der Waals surface area contributed by atoms with Crippen LogP contribution in [0.15, 0.2) is 28.0 Å². The maximum Gasteiger partial charge on any atom is 0.332 e. The van der Waals surface area contributed by atoms with Gasteiger partial charge in [0.15, 0.2) is 5.56 Å². The standard InChI is InChI=1S/C13H16N6O2/c1-9(8-19-6-4-5-15-19)16-11-10(7-14)12(20)18(3)13(21)17(11)2/h4-6,9,16H,8H2,1-3H3/t9-/m1/s1. The molecule has 0 saturated carbocycles. The van der Waals surface area contributed by atoms with E-state index in [1.807, 2.05) is 19.2 Å². The van der Waals surface area contributed by atoms with Crippen LogP contribution in [0.25, 0.3) is 0 Å². The van der Waals surface area contributed by atoms with Gasteiger partial charge in [-0.25, -0.2) is 4.79 Å². The van der Waals surface area contributed by atoms with Gasteiger partial charge in [0.05, 0.1) is 6.54 Å². The van der Waals surface area contributed by atoms with Gasteiger partial charge in [0.1, 0.15) is 11.9 Å². The summed E-state index contributed by atoms with van der Waals surface area (Å²) in [6.45, 7) is 2.42. The van der Waals surface area contributed by atoms with E-state index in [1.54, 1.807) is 16.9 Å². The summed E-state index contributed by atoms with van der Waals surface area (Å²) in [6, 6.07) is 3.55. The zero-order chi connectivity index (χ0) is 15.6. The van der Waals surface area contributed by atoms with Crippen molar-refractivity contribution >= 4 is 5.82 Å². The largest absolute Gasteiger partial charge is 0.366 e. The molecule has 0 spiro atoms. The Morgan fingerprint density at radius 1 is 1.38 bits per heavy atom. The van der Waals surface area contributed by atoms with Gasteiger partial charge in [0.25, 0.3) is 5.56 Å². The second-order valence-corrected chi connectivity index (χ2v) is 4.81. The second kappa shape index (κ2) is 5.66.